The molecule has 0 unspecified atom stereocenters. The maximum atomic E-state index is 10.5. The van der Waals surface area contributed by atoms with Gasteiger partial charge in [0.1, 0.15) is 6.04 Å². The number of amides is 1. The Kier molecular flexibility index (Phi) is 4.26. The maximum absolute atomic E-state index is 10.5. The van der Waals surface area contributed by atoms with Gasteiger partial charge in [-0.1, -0.05) is 20.3 Å². The zero-order chi connectivity index (χ0) is 8.85. The van der Waals surface area contributed by atoms with Gasteiger partial charge in [0.25, 0.3) is 0 Å². The third kappa shape index (κ3) is 3.02. The van der Waals surface area contributed by atoms with E-state index < -0.39 is 12.0 Å². The van der Waals surface area contributed by atoms with E-state index >= 15 is 0 Å². The molecule has 0 aromatic carbocycles. The molecule has 4 heteroatoms. The van der Waals surface area contributed by atoms with E-state index in [1.54, 1.807) is 6.92 Å². The third-order valence-corrected chi connectivity index (χ3v) is 1.73. The van der Waals surface area contributed by atoms with Crippen LogP contribution >= 0.6 is 0 Å². The van der Waals surface area contributed by atoms with Crippen molar-refractivity contribution in [1.82, 2.24) is 5.32 Å². The van der Waals surface area contributed by atoms with Gasteiger partial charge in [-0.25, -0.2) is 4.79 Å². The second-order valence-electron chi connectivity index (χ2n) is 2.49. The van der Waals surface area contributed by atoms with Crippen molar-refractivity contribution in [3.05, 3.63) is 0 Å². The number of nitrogens with one attached hydrogen (secondary N) is 1. The predicted molar refractivity (Wildman–Crippen MR) is 40.1 cm³/mol. The number of rotatable bonds is 5. The fourth-order valence-corrected chi connectivity index (χ4v) is 0.788. The van der Waals surface area contributed by atoms with E-state index in [9.17, 15) is 9.59 Å². The average molecular weight is 159 g/mol. The van der Waals surface area contributed by atoms with Crippen molar-refractivity contribution >= 4 is 12.4 Å². The molecule has 0 saturated carbocycles. The minimum atomic E-state index is -0.980. The van der Waals surface area contributed by atoms with Gasteiger partial charge in [-0.3, -0.25) is 4.79 Å². The van der Waals surface area contributed by atoms with Crippen LogP contribution in [0.25, 0.3) is 0 Å². The van der Waals surface area contributed by atoms with Crippen molar-refractivity contribution in [3.63, 3.8) is 0 Å². The van der Waals surface area contributed by atoms with E-state index in [0.29, 0.717) is 6.41 Å². The standard InChI is InChI=1S/C7H13NO3/c1-3-5(2)6(7(10)11)8-4-9/h4-6H,3H2,1-2H3,(H,8,9)(H,10,11)/t5-,6-/m1/s1. The SMILES string of the molecule is CC[C@@H](C)[C@@H](NC=O)C(=O)O. The summed E-state index contributed by atoms with van der Waals surface area (Å²) < 4.78 is 0. The summed E-state index contributed by atoms with van der Waals surface area (Å²) >= 11 is 0. The molecule has 0 spiro atoms. The van der Waals surface area contributed by atoms with Gasteiger partial charge in [0.05, 0.1) is 0 Å². The molecule has 0 saturated heterocycles. The zero-order valence-electron chi connectivity index (χ0n) is 6.70. The molecule has 64 valence electrons. The van der Waals surface area contributed by atoms with Crippen molar-refractivity contribution in [3.8, 4) is 0 Å². The number of carboxylic acids is 1. The maximum Gasteiger partial charge on any atom is 0.326 e. The summed E-state index contributed by atoms with van der Waals surface area (Å²) in [6.07, 6.45) is 1.16. The van der Waals surface area contributed by atoms with Crippen LogP contribution in [0.3, 0.4) is 0 Å². The molecular weight excluding hydrogens is 146 g/mol. The number of carbonyl (C=O) groups excluding carboxylic acids is 1. The highest BCUT2D eigenvalue weighted by Gasteiger charge is 2.21. The molecule has 0 bridgehead atoms. The quantitative estimate of drug-likeness (QED) is 0.564. The topological polar surface area (TPSA) is 66.4 Å². The number of carboxylic acid groups (broad SMARTS) is 1. The smallest absolute Gasteiger partial charge is 0.326 e. The molecule has 0 aliphatic carbocycles. The van der Waals surface area contributed by atoms with Crippen LogP contribution in [0.15, 0.2) is 0 Å². The van der Waals surface area contributed by atoms with Crippen LogP contribution in [0.5, 0.6) is 0 Å². The lowest BCUT2D eigenvalue weighted by atomic mass is 10.00. The van der Waals surface area contributed by atoms with Crippen LogP contribution in [-0.4, -0.2) is 23.5 Å². The monoisotopic (exact) mass is 159 g/mol. The van der Waals surface area contributed by atoms with Crippen molar-refractivity contribution in [1.29, 1.82) is 0 Å². The molecule has 11 heavy (non-hydrogen) atoms. The first kappa shape index (κ1) is 9.94. The molecule has 0 aromatic rings. The zero-order valence-corrected chi connectivity index (χ0v) is 6.70. The van der Waals surface area contributed by atoms with Gasteiger partial charge in [0.15, 0.2) is 0 Å². The van der Waals surface area contributed by atoms with Crippen LogP contribution in [0, 0.1) is 5.92 Å². The van der Waals surface area contributed by atoms with Crippen molar-refractivity contribution < 1.29 is 14.7 Å². The predicted octanol–water partition coefficient (Wildman–Crippen LogP) is 0.232. The highest BCUT2D eigenvalue weighted by atomic mass is 16.4. The molecule has 0 aliphatic rings. The third-order valence-electron chi connectivity index (χ3n) is 1.73. The highest BCUT2D eigenvalue weighted by Crippen LogP contribution is 2.06. The largest absolute Gasteiger partial charge is 0.480 e. The molecule has 0 aliphatic heterocycles. The first-order valence-electron chi connectivity index (χ1n) is 3.56. The minimum Gasteiger partial charge on any atom is -0.480 e. The second kappa shape index (κ2) is 4.71. The molecule has 2 N–H and O–H groups in total. The average Bonchev–Trinajstić information content (AvgIpc) is 1.98. The normalized spacial score (nSPS) is 15.1. The Morgan fingerprint density at radius 3 is 2.55 bits per heavy atom. The highest BCUT2D eigenvalue weighted by molar-refractivity contribution is 5.76. The lowest BCUT2D eigenvalue weighted by molar-refractivity contribution is -0.142. The number of hydrogen-bond donors (Lipinski definition) is 2. The molecule has 0 heterocycles. The summed E-state index contributed by atoms with van der Waals surface area (Å²) in [6, 6.07) is -0.752. The summed E-state index contributed by atoms with van der Waals surface area (Å²) in [5.74, 6) is -1.01. The van der Waals surface area contributed by atoms with E-state index in [4.69, 9.17) is 5.11 Å². The van der Waals surface area contributed by atoms with Crippen LogP contribution < -0.4 is 5.32 Å². The Balaban J connectivity index is 4.08. The molecule has 0 aromatic heterocycles. The Morgan fingerprint density at radius 1 is 1.73 bits per heavy atom. The summed E-state index contributed by atoms with van der Waals surface area (Å²) in [5.41, 5.74) is 0. The first-order chi connectivity index (χ1) is 5.13. The summed E-state index contributed by atoms with van der Waals surface area (Å²) in [7, 11) is 0. The van der Waals surface area contributed by atoms with E-state index in [1.165, 1.54) is 0 Å². The van der Waals surface area contributed by atoms with Gasteiger partial charge in [-0.15, -0.1) is 0 Å². The van der Waals surface area contributed by atoms with Gasteiger partial charge in [-0.2, -0.15) is 0 Å². The van der Waals surface area contributed by atoms with Crippen molar-refractivity contribution in [2.75, 3.05) is 0 Å². The Morgan fingerprint density at radius 2 is 2.27 bits per heavy atom. The van der Waals surface area contributed by atoms with E-state index in [2.05, 4.69) is 5.32 Å². The lowest BCUT2D eigenvalue weighted by Crippen LogP contribution is -2.40. The van der Waals surface area contributed by atoms with Gasteiger partial charge < -0.3 is 10.4 Å². The summed E-state index contributed by atoms with van der Waals surface area (Å²) in [4.78, 5) is 20.4. The molecule has 4 nitrogen and oxygen atoms in total. The minimum absolute atomic E-state index is 0.0299. The van der Waals surface area contributed by atoms with Crippen LogP contribution in [0.1, 0.15) is 20.3 Å². The Bertz CT molecular complexity index is 147. The fraction of sp³-hybridized carbons (Fsp3) is 0.714. The molecule has 1 amide bonds. The number of aliphatic carboxylic acids is 1. The van der Waals surface area contributed by atoms with Gasteiger partial charge >= 0.3 is 5.97 Å². The first-order valence-corrected chi connectivity index (χ1v) is 3.56. The van der Waals surface area contributed by atoms with Crippen LogP contribution in [0.4, 0.5) is 0 Å². The Hall–Kier alpha value is -1.06. The molecular formula is C7H13NO3. The van der Waals surface area contributed by atoms with E-state index in [-0.39, 0.29) is 5.92 Å². The number of carbonyl (C=O) groups is 2. The van der Waals surface area contributed by atoms with E-state index in [1.807, 2.05) is 6.92 Å². The Labute approximate surface area is 65.6 Å². The van der Waals surface area contributed by atoms with Crippen LogP contribution in [0.2, 0.25) is 0 Å². The van der Waals surface area contributed by atoms with Gasteiger partial charge in [-0.05, 0) is 5.92 Å². The van der Waals surface area contributed by atoms with Crippen LogP contribution in [-0.2, 0) is 9.59 Å². The van der Waals surface area contributed by atoms with Crippen molar-refractivity contribution in [2.45, 2.75) is 26.3 Å². The molecule has 0 fully saturated rings. The summed E-state index contributed by atoms with van der Waals surface area (Å²) in [5, 5.41) is 10.8. The van der Waals surface area contributed by atoms with E-state index in [0.717, 1.165) is 6.42 Å². The molecule has 0 rings (SSSR count). The fourth-order valence-electron chi connectivity index (χ4n) is 0.788. The van der Waals surface area contributed by atoms with Gasteiger partial charge in [0.2, 0.25) is 6.41 Å². The molecule has 0 radical (unpaired) electrons. The lowest BCUT2D eigenvalue weighted by Gasteiger charge is -2.16. The van der Waals surface area contributed by atoms with Crippen molar-refractivity contribution in [2.24, 2.45) is 5.92 Å². The summed E-state index contributed by atoms with van der Waals surface area (Å²) in [6.45, 7) is 3.67. The second-order valence-corrected chi connectivity index (χ2v) is 2.49. The molecule has 2 atom stereocenters. The van der Waals surface area contributed by atoms with Gasteiger partial charge in [0, 0.05) is 0 Å². The number of hydrogen-bond acceptors (Lipinski definition) is 2.